The van der Waals surface area contributed by atoms with Crippen molar-refractivity contribution in [3.8, 4) is 11.8 Å². The molecule has 1 aromatic rings. The minimum Gasteiger partial charge on any atom is -0.497 e. The normalized spacial score (nSPS) is 18.2. The number of ether oxygens (including phenoxy) is 1. The summed E-state index contributed by atoms with van der Waals surface area (Å²) in [6.45, 7) is 0.797. The fourth-order valence-electron chi connectivity index (χ4n) is 2.60. The lowest BCUT2D eigenvalue weighted by Crippen LogP contribution is -2.44. The van der Waals surface area contributed by atoms with Crippen molar-refractivity contribution in [3.63, 3.8) is 0 Å². The van der Waals surface area contributed by atoms with E-state index >= 15 is 0 Å². The van der Waals surface area contributed by atoms with Crippen molar-refractivity contribution in [1.29, 1.82) is 5.26 Å². The van der Waals surface area contributed by atoms with Crippen LogP contribution in [0, 0.1) is 17.2 Å². The van der Waals surface area contributed by atoms with Crippen LogP contribution in [0.4, 0.5) is 0 Å². The van der Waals surface area contributed by atoms with E-state index in [9.17, 15) is 14.9 Å². The smallest absolute Gasteiger partial charge is 0.264 e. The third-order valence-electron chi connectivity index (χ3n) is 3.87. The first kappa shape index (κ1) is 16.6. The van der Waals surface area contributed by atoms with Gasteiger partial charge in [-0.15, -0.1) is 0 Å². The summed E-state index contributed by atoms with van der Waals surface area (Å²) in [5, 5.41) is 9.30. The van der Waals surface area contributed by atoms with Crippen molar-refractivity contribution >= 4 is 17.9 Å². The fraction of sp³-hybridized carbons (Fsp3) is 0.353. The molecule has 2 rings (SSSR count). The molecule has 1 aliphatic heterocycles. The SMILES string of the molecule is COc1cccc(C=C(C#N)C(=O)N2CCCC(C(N)=O)C2)c1. The number of benzene rings is 1. The molecule has 1 atom stereocenters. The second kappa shape index (κ2) is 7.45. The van der Waals surface area contributed by atoms with Crippen molar-refractivity contribution in [2.24, 2.45) is 11.7 Å². The fourth-order valence-corrected chi connectivity index (χ4v) is 2.60. The summed E-state index contributed by atoms with van der Waals surface area (Å²) >= 11 is 0. The van der Waals surface area contributed by atoms with E-state index in [1.807, 2.05) is 6.07 Å². The van der Waals surface area contributed by atoms with Gasteiger partial charge in [0.25, 0.3) is 5.91 Å². The zero-order valence-electron chi connectivity index (χ0n) is 13.0. The van der Waals surface area contributed by atoms with Crippen LogP contribution in [0.5, 0.6) is 5.75 Å². The van der Waals surface area contributed by atoms with Crippen molar-refractivity contribution in [1.82, 2.24) is 4.90 Å². The Morgan fingerprint density at radius 3 is 2.91 bits per heavy atom. The number of methoxy groups -OCH3 is 1. The first-order valence-electron chi connectivity index (χ1n) is 7.39. The number of nitrogens with zero attached hydrogens (tertiary/aromatic N) is 2. The predicted octanol–water partition coefficient (Wildman–Crippen LogP) is 1.33. The first-order chi connectivity index (χ1) is 11.0. The van der Waals surface area contributed by atoms with Crippen LogP contribution in [-0.4, -0.2) is 36.9 Å². The van der Waals surface area contributed by atoms with E-state index < -0.39 is 5.91 Å². The average molecular weight is 313 g/mol. The number of nitrogens with two attached hydrogens (primary N) is 1. The van der Waals surface area contributed by atoms with Crippen LogP contribution < -0.4 is 10.5 Å². The number of nitriles is 1. The van der Waals surface area contributed by atoms with Crippen molar-refractivity contribution < 1.29 is 14.3 Å². The Morgan fingerprint density at radius 1 is 1.48 bits per heavy atom. The maximum atomic E-state index is 12.5. The molecule has 6 nitrogen and oxygen atoms in total. The van der Waals surface area contributed by atoms with Gasteiger partial charge in [-0.25, -0.2) is 0 Å². The predicted molar refractivity (Wildman–Crippen MR) is 85.1 cm³/mol. The van der Waals surface area contributed by atoms with Crippen LogP contribution in [0.15, 0.2) is 29.8 Å². The van der Waals surface area contributed by atoms with E-state index in [1.165, 1.54) is 11.0 Å². The minimum absolute atomic E-state index is 0.0309. The Hall–Kier alpha value is -2.81. The molecule has 1 aromatic carbocycles. The standard InChI is InChI=1S/C17H19N3O3/c1-23-15-6-2-4-12(9-15)8-14(10-18)17(22)20-7-3-5-13(11-20)16(19)21/h2,4,6,8-9,13H,3,5,7,11H2,1H3,(H2,19,21). The highest BCUT2D eigenvalue weighted by Gasteiger charge is 2.28. The Morgan fingerprint density at radius 2 is 2.26 bits per heavy atom. The number of primary amides is 1. The zero-order chi connectivity index (χ0) is 16.8. The van der Waals surface area contributed by atoms with Gasteiger partial charge < -0.3 is 15.4 Å². The van der Waals surface area contributed by atoms with E-state index in [0.29, 0.717) is 30.7 Å². The second-order valence-electron chi connectivity index (χ2n) is 5.44. The van der Waals surface area contributed by atoms with E-state index in [1.54, 1.807) is 31.4 Å². The molecule has 0 radical (unpaired) electrons. The summed E-state index contributed by atoms with van der Waals surface area (Å²) in [5.74, 6) is -0.473. The third kappa shape index (κ3) is 4.10. The largest absolute Gasteiger partial charge is 0.497 e. The number of rotatable bonds is 4. The summed E-state index contributed by atoms with van der Waals surface area (Å²) < 4.78 is 5.13. The molecular weight excluding hydrogens is 294 g/mol. The van der Waals surface area contributed by atoms with Crippen molar-refractivity contribution in [2.75, 3.05) is 20.2 Å². The number of likely N-dealkylation sites (tertiary alicyclic amines) is 1. The van der Waals surface area contributed by atoms with Crippen molar-refractivity contribution in [2.45, 2.75) is 12.8 Å². The summed E-state index contributed by atoms with van der Waals surface area (Å²) in [6, 6.07) is 9.04. The molecule has 1 saturated heterocycles. The van der Waals surface area contributed by atoms with E-state index in [-0.39, 0.29) is 23.9 Å². The summed E-state index contributed by atoms with van der Waals surface area (Å²) in [7, 11) is 1.55. The Kier molecular flexibility index (Phi) is 5.36. The number of piperidine rings is 1. The van der Waals surface area contributed by atoms with Crippen molar-refractivity contribution in [3.05, 3.63) is 35.4 Å². The highest BCUT2D eigenvalue weighted by molar-refractivity contribution is 6.02. The quantitative estimate of drug-likeness (QED) is 0.670. The molecule has 1 aliphatic rings. The van der Waals surface area contributed by atoms with Gasteiger partial charge in [0, 0.05) is 13.1 Å². The molecule has 0 saturated carbocycles. The zero-order valence-corrected chi connectivity index (χ0v) is 13.0. The van der Waals surface area contributed by atoms with Crippen LogP contribution >= 0.6 is 0 Å². The number of carbonyl (C=O) groups is 2. The summed E-state index contributed by atoms with van der Waals surface area (Å²) in [6.07, 6.45) is 2.91. The third-order valence-corrected chi connectivity index (χ3v) is 3.87. The van der Waals surface area contributed by atoms with Gasteiger partial charge in [-0.1, -0.05) is 12.1 Å². The number of hydrogen-bond donors (Lipinski definition) is 1. The van der Waals surface area contributed by atoms with Gasteiger partial charge in [-0.05, 0) is 36.6 Å². The van der Waals surface area contributed by atoms with Gasteiger partial charge in [-0.3, -0.25) is 9.59 Å². The molecule has 0 spiro atoms. The van der Waals surface area contributed by atoms with Gasteiger partial charge in [0.2, 0.25) is 5.91 Å². The maximum absolute atomic E-state index is 12.5. The van der Waals surface area contributed by atoms with Gasteiger partial charge in [0.1, 0.15) is 17.4 Å². The van der Waals surface area contributed by atoms with Crippen LogP contribution in [0.2, 0.25) is 0 Å². The molecule has 1 fully saturated rings. The lowest BCUT2D eigenvalue weighted by molar-refractivity contribution is -0.131. The van der Waals surface area contributed by atoms with Gasteiger partial charge >= 0.3 is 0 Å². The second-order valence-corrected chi connectivity index (χ2v) is 5.44. The first-order valence-corrected chi connectivity index (χ1v) is 7.39. The van der Waals surface area contributed by atoms with Gasteiger partial charge in [0.05, 0.1) is 13.0 Å². The molecule has 2 N–H and O–H groups in total. The molecule has 0 aliphatic carbocycles. The summed E-state index contributed by atoms with van der Waals surface area (Å²) in [5.41, 5.74) is 6.06. The summed E-state index contributed by atoms with van der Waals surface area (Å²) in [4.78, 5) is 25.3. The molecule has 2 amide bonds. The molecule has 23 heavy (non-hydrogen) atoms. The molecule has 1 unspecified atom stereocenters. The van der Waals surface area contributed by atoms with Gasteiger partial charge in [-0.2, -0.15) is 5.26 Å². The monoisotopic (exact) mass is 313 g/mol. The van der Waals surface area contributed by atoms with Crippen LogP contribution in [0.25, 0.3) is 6.08 Å². The molecule has 0 aromatic heterocycles. The molecule has 120 valence electrons. The van der Waals surface area contributed by atoms with E-state index in [2.05, 4.69) is 0 Å². The Labute approximate surface area is 135 Å². The average Bonchev–Trinajstić information content (AvgIpc) is 2.59. The maximum Gasteiger partial charge on any atom is 0.264 e. The lowest BCUT2D eigenvalue weighted by atomic mass is 9.97. The molecular formula is C17H19N3O3. The molecule has 0 bridgehead atoms. The van der Waals surface area contributed by atoms with Crippen LogP contribution in [0.1, 0.15) is 18.4 Å². The number of carbonyl (C=O) groups excluding carboxylic acids is 2. The molecule has 1 heterocycles. The highest BCUT2D eigenvalue weighted by Crippen LogP contribution is 2.20. The Balaban J connectivity index is 2.19. The molecule has 6 heteroatoms. The highest BCUT2D eigenvalue weighted by atomic mass is 16.5. The van der Waals surface area contributed by atoms with Crippen LogP contribution in [0.3, 0.4) is 0 Å². The minimum atomic E-state index is -0.405. The van der Waals surface area contributed by atoms with E-state index in [0.717, 1.165) is 0 Å². The van der Waals surface area contributed by atoms with E-state index in [4.69, 9.17) is 10.5 Å². The number of hydrogen-bond acceptors (Lipinski definition) is 4. The Bertz CT molecular complexity index is 676. The van der Waals surface area contributed by atoms with Gasteiger partial charge in [0.15, 0.2) is 0 Å². The van der Waals surface area contributed by atoms with Crippen LogP contribution in [-0.2, 0) is 9.59 Å². The topological polar surface area (TPSA) is 96.4 Å². The lowest BCUT2D eigenvalue weighted by Gasteiger charge is -2.31. The number of amides is 2.